The minimum absolute atomic E-state index is 0.0562. The van der Waals surface area contributed by atoms with Crippen molar-refractivity contribution in [2.24, 2.45) is 0 Å². The zero-order valence-electron chi connectivity index (χ0n) is 11.4. The van der Waals surface area contributed by atoms with Gasteiger partial charge in [0, 0.05) is 35.0 Å². The number of nitrogens with zero attached hydrogens (tertiary/aromatic N) is 5. The summed E-state index contributed by atoms with van der Waals surface area (Å²) in [6.07, 6.45) is 3.64. The minimum atomic E-state index is 0.0562. The fraction of sp³-hybridized carbons (Fsp3) is 0.308. The molecule has 21 heavy (non-hydrogen) atoms. The Hall–Kier alpha value is -1.77. The molecule has 108 valence electrons. The molecular weight excluding hydrogens is 306 g/mol. The highest BCUT2D eigenvalue weighted by Crippen LogP contribution is 2.21. The molecule has 0 saturated carbocycles. The summed E-state index contributed by atoms with van der Waals surface area (Å²) < 4.78 is 7.64. The van der Waals surface area contributed by atoms with Gasteiger partial charge in [0.05, 0.1) is 11.4 Å². The normalized spacial score (nSPS) is 20.5. The Kier molecular flexibility index (Phi) is 4.28. The van der Waals surface area contributed by atoms with Crippen LogP contribution in [0.2, 0.25) is 0 Å². The molecule has 1 aliphatic rings. The van der Waals surface area contributed by atoms with Crippen LogP contribution in [0.1, 0.15) is 18.3 Å². The molecule has 8 heteroatoms. The molecule has 1 fully saturated rings. The molecule has 0 spiro atoms. The van der Waals surface area contributed by atoms with Gasteiger partial charge in [0.1, 0.15) is 0 Å². The second-order valence-electron chi connectivity index (χ2n) is 4.63. The highest BCUT2D eigenvalue weighted by molar-refractivity contribution is 7.03. The van der Waals surface area contributed by atoms with Crippen LogP contribution in [0.5, 0.6) is 0 Å². The highest BCUT2D eigenvalue weighted by Gasteiger charge is 2.25. The predicted octanol–water partition coefficient (Wildman–Crippen LogP) is 1.76. The lowest BCUT2D eigenvalue weighted by molar-refractivity contribution is -0.113. The molecule has 0 radical (unpaired) electrons. The van der Waals surface area contributed by atoms with Crippen LogP contribution in [0.4, 0.5) is 0 Å². The van der Waals surface area contributed by atoms with Crippen LogP contribution in [0, 0.1) is 0 Å². The van der Waals surface area contributed by atoms with E-state index in [1.165, 1.54) is 23.1 Å². The number of ketones is 1. The van der Waals surface area contributed by atoms with Crippen molar-refractivity contribution in [3.8, 4) is 0 Å². The summed E-state index contributed by atoms with van der Waals surface area (Å²) in [6.45, 7) is 4.24. The van der Waals surface area contributed by atoms with E-state index in [0.717, 1.165) is 29.1 Å². The predicted molar refractivity (Wildman–Crippen MR) is 82.9 cm³/mol. The monoisotopic (exact) mass is 319 g/mol. The van der Waals surface area contributed by atoms with E-state index in [2.05, 4.69) is 31.0 Å². The van der Waals surface area contributed by atoms with E-state index in [9.17, 15) is 4.79 Å². The van der Waals surface area contributed by atoms with Crippen molar-refractivity contribution in [2.45, 2.75) is 6.92 Å². The first-order valence-corrected chi connectivity index (χ1v) is 8.16. The van der Waals surface area contributed by atoms with Gasteiger partial charge in [-0.3, -0.25) is 9.69 Å². The summed E-state index contributed by atoms with van der Waals surface area (Å²) in [5.74, 6) is 0.0562. The number of carbonyl (C=O) groups is 1. The van der Waals surface area contributed by atoms with Crippen LogP contribution in [0.25, 0.3) is 12.2 Å². The van der Waals surface area contributed by atoms with Crippen molar-refractivity contribution in [3.63, 3.8) is 0 Å². The maximum atomic E-state index is 12.6. The van der Waals surface area contributed by atoms with E-state index < -0.39 is 0 Å². The molecule has 0 amide bonds. The van der Waals surface area contributed by atoms with E-state index in [-0.39, 0.29) is 5.78 Å². The van der Waals surface area contributed by atoms with Gasteiger partial charge in [0.2, 0.25) is 0 Å². The summed E-state index contributed by atoms with van der Waals surface area (Å²) in [6, 6.07) is 0. The third-order valence-electron chi connectivity index (χ3n) is 3.22. The van der Waals surface area contributed by atoms with Crippen LogP contribution in [0.15, 0.2) is 21.9 Å². The smallest absolute Gasteiger partial charge is 0.187 e. The molecular formula is C13H13N5OS2. The van der Waals surface area contributed by atoms with Gasteiger partial charge in [0.15, 0.2) is 5.78 Å². The quantitative estimate of drug-likeness (QED) is 0.803. The second-order valence-corrected chi connectivity index (χ2v) is 5.85. The topological polar surface area (TPSA) is 71.9 Å². The Morgan fingerprint density at radius 2 is 1.62 bits per heavy atom. The number of hydrogen-bond donors (Lipinski definition) is 0. The number of likely N-dealkylation sites (tertiary alicyclic amines) is 1. The molecule has 3 heterocycles. The molecule has 0 unspecified atom stereocenters. The Bertz CT molecular complexity index is 619. The average Bonchev–Trinajstić information content (AvgIpc) is 3.16. The zero-order valence-corrected chi connectivity index (χ0v) is 13.0. The standard InChI is InChI=1S/C13H13N5OS2/c1-2-18-5-9(3-11-7-20-16-14-11)13(19)10(6-18)4-12-8-21-17-15-12/h3-4,7-8H,2,5-6H2,1H3. The van der Waals surface area contributed by atoms with Crippen molar-refractivity contribution < 1.29 is 4.79 Å². The molecule has 2 aromatic rings. The number of likely N-dealkylation sites (N-methyl/N-ethyl adjacent to an activating group) is 1. The van der Waals surface area contributed by atoms with Crippen LogP contribution in [-0.2, 0) is 4.79 Å². The second kappa shape index (κ2) is 6.33. The molecule has 0 atom stereocenters. The molecule has 1 aliphatic heterocycles. The maximum absolute atomic E-state index is 12.6. The van der Waals surface area contributed by atoms with Crippen molar-refractivity contribution in [3.05, 3.63) is 33.3 Å². The van der Waals surface area contributed by atoms with Crippen molar-refractivity contribution in [1.82, 2.24) is 24.1 Å². The first-order valence-electron chi connectivity index (χ1n) is 6.48. The third kappa shape index (κ3) is 3.29. The maximum Gasteiger partial charge on any atom is 0.187 e. The van der Waals surface area contributed by atoms with E-state index in [1.54, 1.807) is 0 Å². The van der Waals surface area contributed by atoms with E-state index in [1.807, 2.05) is 22.9 Å². The number of carbonyl (C=O) groups excluding carboxylic acids is 1. The summed E-state index contributed by atoms with van der Waals surface area (Å²) in [5, 5.41) is 11.6. The Labute approximate surface area is 130 Å². The van der Waals surface area contributed by atoms with Gasteiger partial charge in [0.25, 0.3) is 0 Å². The summed E-state index contributed by atoms with van der Waals surface area (Å²) in [4.78, 5) is 14.8. The molecule has 3 rings (SSSR count). The van der Waals surface area contributed by atoms with Gasteiger partial charge >= 0.3 is 0 Å². The molecule has 0 aromatic carbocycles. The number of Topliss-reactive ketones (excluding diaryl/α,β-unsaturated/α-hetero) is 1. The van der Waals surface area contributed by atoms with Gasteiger partial charge in [-0.15, -0.1) is 10.2 Å². The van der Waals surface area contributed by atoms with Gasteiger partial charge in [-0.2, -0.15) is 0 Å². The Morgan fingerprint density at radius 1 is 1.10 bits per heavy atom. The number of rotatable bonds is 3. The van der Waals surface area contributed by atoms with Crippen LogP contribution in [0.3, 0.4) is 0 Å². The number of hydrogen-bond acceptors (Lipinski definition) is 8. The molecule has 0 aliphatic carbocycles. The fourth-order valence-corrected chi connectivity index (χ4v) is 2.98. The van der Waals surface area contributed by atoms with Gasteiger partial charge in [-0.25, -0.2) is 0 Å². The van der Waals surface area contributed by atoms with Crippen molar-refractivity contribution >= 4 is 41.0 Å². The molecule has 0 N–H and O–H groups in total. The van der Waals surface area contributed by atoms with Gasteiger partial charge < -0.3 is 0 Å². The SMILES string of the molecule is CCN1CC(=Cc2csnn2)C(=O)C(=Cc2csnn2)C1. The minimum Gasteiger partial charge on any atom is -0.295 e. The lowest BCUT2D eigenvalue weighted by Gasteiger charge is -2.28. The Morgan fingerprint density at radius 3 is 2.00 bits per heavy atom. The summed E-state index contributed by atoms with van der Waals surface area (Å²) in [5.41, 5.74) is 2.95. The first kappa shape index (κ1) is 14.2. The first-order chi connectivity index (χ1) is 10.3. The van der Waals surface area contributed by atoms with Crippen LogP contribution >= 0.6 is 23.1 Å². The van der Waals surface area contributed by atoms with Gasteiger partial charge in [-0.1, -0.05) is 15.9 Å². The van der Waals surface area contributed by atoms with Crippen LogP contribution in [-0.4, -0.2) is 49.5 Å². The van der Waals surface area contributed by atoms with E-state index >= 15 is 0 Å². The summed E-state index contributed by atoms with van der Waals surface area (Å²) in [7, 11) is 0. The number of piperidine rings is 1. The average molecular weight is 319 g/mol. The van der Waals surface area contributed by atoms with Crippen molar-refractivity contribution in [1.29, 1.82) is 0 Å². The lowest BCUT2D eigenvalue weighted by atomic mass is 9.96. The zero-order chi connectivity index (χ0) is 14.7. The van der Waals surface area contributed by atoms with E-state index in [4.69, 9.17) is 0 Å². The molecule has 1 saturated heterocycles. The molecule has 2 aromatic heterocycles. The fourth-order valence-electron chi connectivity index (χ4n) is 2.16. The Balaban J connectivity index is 1.93. The van der Waals surface area contributed by atoms with E-state index in [0.29, 0.717) is 13.1 Å². The van der Waals surface area contributed by atoms with Crippen LogP contribution < -0.4 is 0 Å². The molecule has 0 bridgehead atoms. The summed E-state index contributed by atoms with van der Waals surface area (Å²) >= 11 is 2.56. The highest BCUT2D eigenvalue weighted by atomic mass is 32.1. The molecule has 6 nitrogen and oxygen atoms in total. The van der Waals surface area contributed by atoms with Crippen molar-refractivity contribution in [2.75, 3.05) is 19.6 Å². The largest absolute Gasteiger partial charge is 0.295 e. The number of aromatic nitrogens is 4. The lowest BCUT2D eigenvalue weighted by Crippen LogP contribution is -2.37. The third-order valence-corrected chi connectivity index (χ3v) is 4.26. The van der Waals surface area contributed by atoms with Gasteiger partial charge in [-0.05, 0) is 41.8 Å².